The highest BCUT2D eigenvalue weighted by Gasteiger charge is 2.20. The van der Waals surface area contributed by atoms with Crippen LogP contribution >= 0.6 is 0 Å². The Kier molecular flexibility index (Phi) is 7.33. The molecule has 37 heavy (non-hydrogen) atoms. The average Bonchev–Trinajstić information content (AvgIpc) is 3.36. The zero-order valence-corrected chi connectivity index (χ0v) is 21.4. The maximum absolute atomic E-state index is 11.3. The Labute approximate surface area is 217 Å². The van der Waals surface area contributed by atoms with Gasteiger partial charge in [0.15, 0.2) is 6.23 Å². The number of aromatic nitrogens is 2. The van der Waals surface area contributed by atoms with Crippen LogP contribution in [0.2, 0.25) is 0 Å². The van der Waals surface area contributed by atoms with Crippen LogP contribution in [0.3, 0.4) is 0 Å². The van der Waals surface area contributed by atoms with E-state index in [0.717, 1.165) is 59.9 Å². The molecule has 1 atom stereocenters. The van der Waals surface area contributed by atoms with Crippen LogP contribution in [0.1, 0.15) is 68.0 Å². The lowest BCUT2D eigenvalue weighted by molar-refractivity contribution is -0.132. The molecule has 0 spiro atoms. The van der Waals surface area contributed by atoms with E-state index < -0.39 is 5.97 Å². The summed E-state index contributed by atoms with van der Waals surface area (Å²) in [5.74, 6) is -0.908. The lowest BCUT2D eigenvalue weighted by Gasteiger charge is -2.23. The van der Waals surface area contributed by atoms with Gasteiger partial charge in [-0.2, -0.15) is 5.10 Å². The highest BCUT2D eigenvalue weighted by molar-refractivity contribution is 6.00. The second-order valence-corrected chi connectivity index (χ2v) is 9.51. The summed E-state index contributed by atoms with van der Waals surface area (Å²) in [6.45, 7) is 4.58. The molecule has 0 radical (unpaired) electrons. The highest BCUT2D eigenvalue weighted by atomic mass is 16.5. The summed E-state index contributed by atoms with van der Waals surface area (Å²) < 4.78 is 8.01. The molecular formula is C32H32N2O3. The van der Waals surface area contributed by atoms with Crippen molar-refractivity contribution in [3.63, 3.8) is 0 Å². The van der Waals surface area contributed by atoms with Crippen LogP contribution in [0.5, 0.6) is 0 Å². The van der Waals surface area contributed by atoms with Crippen LogP contribution in [0, 0.1) is 0 Å². The monoisotopic (exact) mass is 492 g/mol. The van der Waals surface area contributed by atoms with Crippen molar-refractivity contribution in [1.29, 1.82) is 0 Å². The predicted molar refractivity (Wildman–Crippen MR) is 149 cm³/mol. The largest absolute Gasteiger partial charge is 0.478 e. The number of ether oxygens (including phenoxy) is 1. The van der Waals surface area contributed by atoms with E-state index in [1.165, 1.54) is 16.7 Å². The van der Waals surface area contributed by atoms with Gasteiger partial charge >= 0.3 is 5.97 Å². The Bertz CT molecular complexity index is 1460. The number of allylic oxidation sites excluding steroid dienone is 1. The molecule has 0 bridgehead atoms. The fourth-order valence-corrected chi connectivity index (χ4v) is 5.09. The van der Waals surface area contributed by atoms with Crippen molar-refractivity contribution in [2.75, 3.05) is 6.61 Å². The van der Waals surface area contributed by atoms with E-state index in [4.69, 9.17) is 4.74 Å². The molecule has 1 aromatic heterocycles. The van der Waals surface area contributed by atoms with Crippen molar-refractivity contribution in [2.45, 2.75) is 45.8 Å². The molecule has 1 aliphatic heterocycles. The van der Waals surface area contributed by atoms with E-state index in [1.54, 1.807) is 13.0 Å². The molecule has 2 heterocycles. The Morgan fingerprint density at radius 2 is 1.78 bits per heavy atom. The third-order valence-corrected chi connectivity index (χ3v) is 7.01. The molecule has 5 rings (SSSR count). The van der Waals surface area contributed by atoms with Gasteiger partial charge in [0.25, 0.3) is 0 Å². The van der Waals surface area contributed by atoms with E-state index in [9.17, 15) is 9.90 Å². The van der Waals surface area contributed by atoms with Crippen molar-refractivity contribution in [3.05, 3.63) is 107 Å². The average molecular weight is 493 g/mol. The number of carbonyl (C=O) groups is 1. The predicted octanol–water partition coefficient (Wildman–Crippen LogP) is 7.59. The zero-order valence-electron chi connectivity index (χ0n) is 21.4. The normalized spacial score (nSPS) is 17.0. The van der Waals surface area contributed by atoms with Gasteiger partial charge in [-0.3, -0.25) is 0 Å². The van der Waals surface area contributed by atoms with Crippen molar-refractivity contribution in [2.24, 2.45) is 0 Å². The molecule has 188 valence electrons. The number of carboxylic acids is 1. The number of fused-ring (bicyclic) bond motifs is 1. The van der Waals surface area contributed by atoms with Crippen LogP contribution < -0.4 is 0 Å². The highest BCUT2D eigenvalue weighted by Crippen LogP contribution is 2.36. The van der Waals surface area contributed by atoms with Gasteiger partial charge in [-0.15, -0.1) is 0 Å². The van der Waals surface area contributed by atoms with Crippen LogP contribution in [0.15, 0.2) is 84.6 Å². The summed E-state index contributed by atoms with van der Waals surface area (Å²) in [4.78, 5) is 11.3. The first-order valence-electron chi connectivity index (χ1n) is 12.9. The summed E-state index contributed by atoms with van der Waals surface area (Å²) in [5.41, 5.74) is 8.09. The molecule has 1 fully saturated rings. The standard InChI is InChI=1S/C32H32N2O3/c1-3-28(24-9-5-4-6-10-24)31(25-14-12-23(13-15-25)19-22(2)32(35)36)26-16-17-29-27(20-26)21-33-34(29)30-11-7-8-18-37-30/h4-6,9-10,12-17,19-21,30H,3,7-8,11,18H2,1-2H3,(H,35,36)/b22-19?,31-28-. The van der Waals surface area contributed by atoms with Crippen LogP contribution in [-0.4, -0.2) is 27.5 Å². The minimum atomic E-state index is -0.908. The van der Waals surface area contributed by atoms with Crippen molar-refractivity contribution in [3.8, 4) is 0 Å². The van der Waals surface area contributed by atoms with Crippen molar-refractivity contribution in [1.82, 2.24) is 9.78 Å². The lowest BCUT2D eigenvalue weighted by Crippen LogP contribution is -2.18. The Morgan fingerprint density at radius 3 is 2.46 bits per heavy atom. The Balaban J connectivity index is 1.62. The van der Waals surface area contributed by atoms with Gasteiger partial charge < -0.3 is 9.84 Å². The fraction of sp³-hybridized carbons (Fsp3) is 0.250. The van der Waals surface area contributed by atoms with Gasteiger partial charge in [0.2, 0.25) is 0 Å². The fourth-order valence-electron chi connectivity index (χ4n) is 5.09. The first kappa shape index (κ1) is 24.7. The smallest absolute Gasteiger partial charge is 0.331 e. The molecule has 0 amide bonds. The van der Waals surface area contributed by atoms with E-state index in [1.807, 2.05) is 29.1 Å². The number of aliphatic carboxylic acids is 1. The summed E-state index contributed by atoms with van der Waals surface area (Å²) in [5, 5.41) is 15.0. The molecule has 0 saturated carbocycles. The van der Waals surface area contributed by atoms with Gasteiger partial charge in [-0.1, -0.05) is 67.6 Å². The van der Waals surface area contributed by atoms with Crippen LogP contribution in [-0.2, 0) is 9.53 Å². The van der Waals surface area contributed by atoms with Gasteiger partial charge in [-0.05, 0) is 84.2 Å². The minimum Gasteiger partial charge on any atom is -0.478 e. The Hall–Kier alpha value is -3.96. The number of carboxylic acid groups (broad SMARTS) is 1. The quantitative estimate of drug-likeness (QED) is 0.213. The molecule has 1 N–H and O–H groups in total. The molecule has 0 aliphatic carbocycles. The second kappa shape index (κ2) is 11.0. The second-order valence-electron chi connectivity index (χ2n) is 9.51. The molecular weight excluding hydrogens is 460 g/mol. The van der Waals surface area contributed by atoms with Gasteiger partial charge in [0.05, 0.1) is 11.7 Å². The van der Waals surface area contributed by atoms with Crippen LogP contribution in [0.4, 0.5) is 0 Å². The summed E-state index contributed by atoms with van der Waals surface area (Å²) >= 11 is 0. The first-order valence-corrected chi connectivity index (χ1v) is 12.9. The first-order chi connectivity index (χ1) is 18.0. The van der Waals surface area contributed by atoms with E-state index in [2.05, 4.69) is 66.6 Å². The molecule has 1 aliphatic rings. The topological polar surface area (TPSA) is 64.3 Å². The number of rotatable bonds is 7. The maximum Gasteiger partial charge on any atom is 0.331 e. The van der Waals surface area contributed by atoms with E-state index >= 15 is 0 Å². The number of benzene rings is 3. The summed E-state index contributed by atoms with van der Waals surface area (Å²) in [6.07, 6.45) is 7.75. The molecule has 1 unspecified atom stereocenters. The number of hydrogen-bond acceptors (Lipinski definition) is 3. The van der Waals surface area contributed by atoms with Crippen molar-refractivity contribution >= 4 is 34.1 Å². The third kappa shape index (κ3) is 5.27. The van der Waals surface area contributed by atoms with Gasteiger partial charge in [0, 0.05) is 17.6 Å². The Morgan fingerprint density at radius 1 is 1.03 bits per heavy atom. The molecule has 4 aromatic rings. The summed E-state index contributed by atoms with van der Waals surface area (Å²) in [6, 6.07) is 25.2. The SMILES string of the molecule is CC/C(=C(\c1ccc(C=C(C)C(=O)O)cc1)c1ccc2c(cnn2C2CCCCO2)c1)c1ccccc1. The minimum absolute atomic E-state index is 0.00232. The zero-order chi connectivity index (χ0) is 25.8. The third-order valence-electron chi connectivity index (χ3n) is 7.01. The molecule has 5 nitrogen and oxygen atoms in total. The summed E-state index contributed by atoms with van der Waals surface area (Å²) in [7, 11) is 0. The number of nitrogens with zero attached hydrogens (tertiary/aromatic N) is 2. The van der Waals surface area contributed by atoms with Crippen molar-refractivity contribution < 1.29 is 14.6 Å². The molecule has 5 heteroatoms. The van der Waals surface area contributed by atoms with Gasteiger partial charge in [0.1, 0.15) is 0 Å². The molecule has 1 saturated heterocycles. The number of hydrogen-bond donors (Lipinski definition) is 1. The van der Waals surface area contributed by atoms with E-state index in [0.29, 0.717) is 5.57 Å². The van der Waals surface area contributed by atoms with Gasteiger partial charge in [-0.25, -0.2) is 9.48 Å². The molecule has 3 aromatic carbocycles. The lowest BCUT2D eigenvalue weighted by atomic mass is 9.87. The maximum atomic E-state index is 11.3. The van der Waals surface area contributed by atoms with Crippen LogP contribution in [0.25, 0.3) is 28.1 Å². The van der Waals surface area contributed by atoms with E-state index in [-0.39, 0.29) is 6.23 Å².